The average Bonchev–Trinajstić information content (AvgIpc) is 3.33. The first-order valence-corrected chi connectivity index (χ1v) is 10.3. The minimum atomic E-state index is -4.24. The minimum absolute atomic E-state index is 0.150. The summed E-state index contributed by atoms with van der Waals surface area (Å²) in [5.41, 5.74) is 0. The smallest absolute Gasteiger partial charge is 0.372 e. The van der Waals surface area contributed by atoms with E-state index in [1.807, 2.05) is 17.5 Å². The molecule has 1 aliphatic rings. The number of thiophene rings is 1. The molecule has 0 saturated carbocycles. The molecule has 3 rings (SSSR count). The fourth-order valence-electron chi connectivity index (χ4n) is 3.13. The third-order valence-electron chi connectivity index (χ3n) is 4.57. The summed E-state index contributed by atoms with van der Waals surface area (Å²) >= 11 is 1.59. The van der Waals surface area contributed by atoms with Crippen LogP contribution in [0.25, 0.3) is 10.7 Å². The Hall–Kier alpha value is -1.49. The van der Waals surface area contributed by atoms with Gasteiger partial charge in [-0.05, 0) is 30.8 Å². The number of halogens is 3. The summed E-state index contributed by atoms with van der Waals surface area (Å²) in [4.78, 5) is 10.1. The van der Waals surface area contributed by atoms with Gasteiger partial charge in [-0.3, -0.25) is 0 Å². The second kappa shape index (κ2) is 10.3. The van der Waals surface area contributed by atoms with E-state index in [4.69, 9.17) is 4.52 Å². The zero-order valence-electron chi connectivity index (χ0n) is 15.7. The molecule has 1 aliphatic heterocycles. The lowest BCUT2D eigenvalue weighted by molar-refractivity contribution is -0.174. The number of piperazine rings is 1. The lowest BCUT2D eigenvalue weighted by atomic mass is 10.2. The Morgan fingerprint density at radius 3 is 2.46 bits per heavy atom. The second-order valence-corrected chi connectivity index (χ2v) is 7.74. The lowest BCUT2D eigenvalue weighted by Gasteiger charge is -2.34. The second-order valence-electron chi connectivity index (χ2n) is 6.80. The monoisotopic (exact) mass is 418 g/mol. The van der Waals surface area contributed by atoms with Gasteiger partial charge in [-0.2, -0.15) is 18.2 Å². The molecule has 2 aromatic heterocycles. The molecule has 1 fully saturated rings. The zero-order chi connectivity index (χ0) is 19.8. The summed E-state index contributed by atoms with van der Waals surface area (Å²) in [6.45, 7) is 4.54. The Morgan fingerprint density at radius 2 is 1.82 bits per heavy atom. The van der Waals surface area contributed by atoms with Crippen LogP contribution in [-0.4, -0.2) is 78.6 Å². The quantitative estimate of drug-likeness (QED) is 0.552. The Balaban J connectivity index is 1.25. The summed E-state index contributed by atoms with van der Waals surface area (Å²) < 4.78 is 46.0. The third-order valence-corrected chi connectivity index (χ3v) is 5.43. The van der Waals surface area contributed by atoms with Crippen molar-refractivity contribution in [1.29, 1.82) is 0 Å². The highest BCUT2D eigenvalue weighted by atomic mass is 32.1. The third kappa shape index (κ3) is 7.16. The molecule has 0 atom stereocenters. The summed E-state index contributed by atoms with van der Waals surface area (Å²) in [5, 5.41) is 6.01. The van der Waals surface area contributed by atoms with E-state index in [9.17, 15) is 13.2 Å². The van der Waals surface area contributed by atoms with Crippen molar-refractivity contribution in [3.8, 4) is 10.7 Å². The standard InChI is InChI=1S/C18H25F3N4O2S/c19-18(20,21)14-26-12-3-7-25-10-8-24(9-11-25)6-1-5-16-22-17(23-27-16)15-4-2-13-28-15/h2,4,13H,1,3,5-12,14H2. The molecule has 1 saturated heterocycles. The summed E-state index contributed by atoms with van der Waals surface area (Å²) in [7, 11) is 0. The van der Waals surface area contributed by atoms with E-state index in [2.05, 4.69) is 24.7 Å². The minimum Gasteiger partial charge on any atom is -0.372 e. The van der Waals surface area contributed by atoms with Crippen molar-refractivity contribution in [3.63, 3.8) is 0 Å². The molecule has 3 heterocycles. The number of hydrogen-bond donors (Lipinski definition) is 0. The van der Waals surface area contributed by atoms with Crippen LogP contribution in [0.4, 0.5) is 13.2 Å². The molecule has 2 aromatic rings. The highest BCUT2D eigenvalue weighted by Crippen LogP contribution is 2.21. The largest absolute Gasteiger partial charge is 0.411 e. The van der Waals surface area contributed by atoms with Crippen LogP contribution < -0.4 is 0 Å². The van der Waals surface area contributed by atoms with Gasteiger partial charge in [0.1, 0.15) is 6.61 Å². The molecule has 156 valence electrons. The number of alkyl halides is 3. The van der Waals surface area contributed by atoms with Gasteiger partial charge in [-0.25, -0.2) is 0 Å². The van der Waals surface area contributed by atoms with Gasteiger partial charge in [0, 0.05) is 45.8 Å². The average molecular weight is 418 g/mol. The highest BCUT2D eigenvalue weighted by molar-refractivity contribution is 7.13. The first kappa shape index (κ1) is 21.2. The molecule has 0 aliphatic carbocycles. The number of ether oxygens (including phenoxy) is 1. The molecule has 0 radical (unpaired) electrons. The fourth-order valence-corrected chi connectivity index (χ4v) is 3.78. The predicted octanol–water partition coefficient (Wildman–Crippen LogP) is 3.32. The maximum atomic E-state index is 12.0. The normalized spacial score (nSPS) is 16.7. The number of hydrogen-bond acceptors (Lipinski definition) is 7. The van der Waals surface area contributed by atoms with Crippen LogP contribution in [0.5, 0.6) is 0 Å². The first-order valence-electron chi connectivity index (χ1n) is 9.45. The van der Waals surface area contributed by atoms with E-state index in [0.717, 1.165) is 57.0 Å². The maximum absolute atomic E-state index is 12.0. The van der Waals surface area contributed by atoms with Gasteiger partial charge >= 0.3 is 6.18 Å². The fraction of sp³-hybridized carbons (Fsp3) is 0.667. The van der Waals surface area contributed by atoms with Crippen LogP contribution in [0.1, 0.15) is 18.7 Å². The molecule has 28 heavy (non-hydrogen) atoms. The van der Waals surface area contributed by atoms with E-state index in [1.165, 1.54) is 0 Å². The lowest BCUT2D eigenvalue weighted by Crippen LogP contribution is -2.46. The van der Waals surface area contributed by atoms with Crippen LogP contribution in [0, 0.1) is 0 Å². The van der Waals surface area contributed by atoms with Gasteiger partial charge in [-0.15, -0.1) is 11.3 Å². The zero-order valence-corrected chi connectivity index (χ0v) is 16.5. The summed E-state index contributed by atoms with van der Waals surface area (Å²) in [5.74, 6) is 1.32. The van der Waals surface area contributed by atoms with Gasteiger partial charge in [0.2, 0.25) is 11.7 Å². The number of rotatable bonds is 10. The van der Waals surface area contributed by atoms with Gasteiger partial charge in [0.25, 0.3) is 0 Å². The molecule has 0 spiro atoms. The Morgan fingerprint density at radius 1 is 1.11 bits per heavy atom. The molecule has 0 unspecified atom stereocenters. The molecule has 10 heteroatoms. The van der Waals surface area contributed by atoms with Crippen molar-refractivity contribution in [2.45, 2.75) is 25.4 Å². The van der Waals surface area contributed by atoms with Crippen LogP contribution in [-0.2, 0) is 11.2 Å². The number of aryl methyl sites for hydroxylation is 1. The Kier molecular flexibility index (Phi) is 7.83. The maximum Gasteiger partial charge on any atom is 0.411 e. The van der Waals surface area contributed by atoms with Crippen LogP contribution in [0.15, 0.2) is 22.0 Å². The molecule has 0 bridgehead atoms. The summed E-state index contributed by atoms with van der Waals surface area (Å²) in [6.07, 6.45) is -1.90. The van der Waals surface area contributed by atoms with E-state index < -0.39 is 12.8 Å². The Labute approximate surface area is 166 Å². The van der Waals surface area contributed by atoms with Crippen molar-refractivity contribution < 1.29 is 22.4 Å². The molecular weight excluding hydrogens is 393 g/mol. The van der Waals surface area contributed by atoms with E-state index >= 15 is 0 Å². The molecule has 0 aromatic carbocycles. The SMILES string of the molecule is FC(F)(F)COCCCN1CCN(CCCc2nc(-c3cccs3)no2)CC1. The van der Waals surface area contributed by atoms with Crippen molar-refractivity contribution in [3.05, 3.63) is 23.4 Å². The van der Waals surface area contributed by atoms with Crippen molar-refractivity contribution in [2.24, 2.45) is 0 Å². The molecule has 6 nitrogen and oxygen atoms in total. The molecular formula is C18H25F3N4O2S. The van der Waals surface area contributed by atoms with E-state index in [-0.39, 0.29) is 6.61 Å². The van der Waals surface area contributed by atoms with Crippen molar-refractivity contribution >= 4 is 11.3 Å². The van der Waals surface area contributed by atoms with Gasteiger partial charge in [0.05, 0.1) is 4.88 Å². The van der Waals surface area contributed by atoms with Crippen LogP contribution in [0.3, 0.4) is 0 Å². The van der Waals surface area contributed by atoms with Crippen molar-refractivity contribution in [2.75, 3.05) is 52.5 Å². The molecule has 0 amide bonds. The van der Waals surface area contributed by atoms with Gasteiger partial charge in [-0.1, -0.05) is 11.2 Å². The molecule has 0 N–H and O–H groups in total. The van der Waals surface area contributed by atoms with Gasteiger partial charge < -0.3 is 19.1 Å². The number of nitrogens with zero attached hydrogens (tertiary/aromatic N) is 4. The number of aromatic nitrogens is 2. The highest BCUT2D eigenvalue weighted by Gasteiger charge is 2.27. The topological polar surface area (TPSA) is 54.6 Å². The van der Waals surface area contributed by atoms with E-state index in [1.54, 1.807) is 11.3 Å². The predicted molar refractivity (Wildman–Crippen MR) is 100 cm³/mol. The summed E-state index contributed by atoms with van der Waals surface area (Å²) in [6, 6.07) is 3.94. The van der Waals surface area contributed by atoms with Crippen LogP contribution >= 0.6 is 11.3 Å². The van der Waals surface area contributed by atoms with Crippen molar-refractivity contribution in [1.82, 2.24) is 19.9 Å². The first-order chi connectivity index (χ1) is 13.5. The Bertz CT molecular complexity index is 685. The van der Waals surface area contributed by atoms with E-state index in [0.29, 0.717) is 18.1 Å². The van der Waals surface area contributed by atoms with Crippen LogP contribution in [0.2, 0.25) is 0 Å². The van der Waals surface area contributed by atoms with Gasteiger partial charge in [0.15, 0.2) is 0 Å².